The fraction of sp³-hybridized carbons (Fsp3) is 0.706. The number of piperidine rings is 1. The van der Waals surface area contributed by atoms with Crippen LogP contribution in [0.5, 0.6) is 0 Å². The molecule has 3 heterocycles. The van der Waals surface area contributed by atoms with E-state index in [-0.39, 0.29) is 29.7 Å². The molecule has 0 radical (unpaired) electrons. The van der Waals surface area contributed by atoms with Gasteiger partial charge >= 0.3 is 0 Å². The van der Waals surface area contributed by atoms with E-state index in [1.807, 2.05) is 4.90 Å². The fourth-order valence-corrected chi connectivity index (χ4v) is 4.88. The zero-order valence-electron chi connectivity index (χ0n) is 14.0. The minimum Gasteiger partial charge on any atom is -0.341 e. The molecule has 1 unspecified atom stereocenters. The topological polar surface area (TPSA) is 60.9 Å². The minimum atomic E-state index is -0.298. The molecular weight excluding hydrogens is 326 g/mol. The monoisotopic (exact) mass is 351 g/mol. The Balaban J connectivity index is 1.59. The van der Waals surface area contributed by atoms with Gasteiger partial charge in [0, 0.05) is 37.8 Å². The van der Waals surface area contributed by atoms with Gasteiger partial charge in [-0.1, -0.05) is 6.58 Å². The number of carbonyl (C=O) groups excluding carboxylic acids is 3. The summed E-state index contributed by atoms with van der Waals surface area (Å²) in [6.45, 7) is 6.34. The summed E-state index contributed by atoms with van der Waals surface area (Å²) in [4.78, 5) is 42.6. The van der Waals surface area contributed by atoms with E-state index in [0.717, 1.165) is 25.9 Å². The average molecular weight is 351 g/mol. The first-order chi connectivity index (χ1) is 11.6. The maximum absolute atomic E-state index is 12.9. The summed E-state index contributed by atoms with van der Waals surface area (Å²) in [6, 6.07) is -0.298. The first-order valence-corrected chi connectivity index (χ1v) is 9.85. The Bertz CT molecular complexity index is 525. The normalized spacial score (nSPS) is 25.2. The van der Waals surface area contributed by atoms with E-state index in [1.165, 1.54) is 6.08 Å². The summed E-state index contributed by atoms with van der Waals surface area (Å²) >= 11 is 1.66. The second-order valence-corrected chi connectivity index (χ2v) is 7.66. The number of likely N-dealkylation sites (tertiary alicyclic amines) is 2. The maximum atomic E-state index is 12.9. The number of nitrogens with zero attached hydrogens (tertiary/aromatic N) is 3. The molecule has 3 fully saturated rings. The van der Waals surface area contributed by atoms with Crippen molar-refractivity contribution in [1.82, 2.24) is 14.7 Å². The second kappa shape index (κ2) is 7.59. The van der Waals surface area contributed by atoms with Gasteiger partial charge in [0.05, 0.1) is 5.88 Å². The molecule has 6 nitrogen and oxygen atoms in total. The lowest BCUT2D eigenvalue weighted by molar-refractivity contribution is -0.146. The summed E-state index contributed by atoms with van der Waals surface area (Å²) in [7, 11) is 0. The van der Waals surface area contributed by atoms with Gasteiger partial charge in [0.15, 0.2) is 0 Å². The Morgan fingerprint density at radius 1 is 0.958 bits per heavy atom. The number of amides is 3. The predicted molar refractivity (Wildman–Crippen MR) is 93.3 cm³/mol. The fourth-order valence-electron chi connectivity index (χ4n) is 3.72. The van der Waals surface area contributed by atoms with Crippen LogP contribution in [0.1, 0.15) is 25.7 Å². The lowest BCUT2D eigenvalue weighted by atomic mass is 9.94. The third-order valence-corrected chi connectivity index (χ3v) is 6.21. The molecule has 0 saturated carbocycles. The molecule has 7 heteroatoms. The van der Waals surface area contributed by atoms with Crippen molar-refractivity contribution in [3.8, 4) is 0 Å². The molecule has 132 valence electrons. The Morgan fingerprint density at radius 2 is 1.62 bits per heavy atom. The smallest absolute Gasteiger partial charge is 0.246 e. The number of hydrogen-bond acceptors (Lipinski definition) is 4. The number of rotatable bonds is 3. The Kier molecular flexibility index (Phi) is 5.48. The predicted octanol–water partition coefficient (Wildman–Crippen LogP) is 0.935. The molecule has 0 aromatic rings. The molecule has 0 aromatic heterocycles. The highest BCUT2D eigenvalue weighted by Crippen LogP contribution is 2.28. The Hall–Kier alpha value is -1.50. The number of hydrogen-bond donors (Lipinski definition) is 0. The first-order valence-electron chi connectivity index (χ1n) is 8.70. The molecule has 3 rings (SSSR count). The van der Waals surface area contributed by atoms with Gasteiger partial charge in [0.2, 0.25) is 17.7 Å². The molecule has 3 aliphatic heterocycles. The van der Waals surface area contributed by atoms with Gasteiger partial charge in [0.25, 0.3) is 0 Å². The summed E-state index contributed by atoms with van der Waals surface area (Å²) in [5.74, 6) is 1.36. The van der Waals surface area contributed by atoms with E-state index in [9.17, 15) is 14.4 Å². The van der Waals surface area contributed by atoms with Crippen LogP contribution in [0.2, 0.25) is 0 Å². The highest BCUT2D eigenvalue weighted by Gasteiger charge is 2.40. The van der Waals surface area contributed by atoms with Crippen LogP contribution in [0.3, 0.4) is 0 Å². The van der Waals surface area contributed by atoms with Crippen LogP contribution in [-0.4, -0.2) is 76.3 Å². The van der Waals surface area contributed by atoms with Gasteiger partial charge < -0.3 is 14.7 Å². The lowest BCUT2D eigenvalue weighted by Crippen LogP contribution is -2.51. The van der Waals surface area contributed by atoms with E-state index in [1.54, 1.807) is 21.6 Å². The lowest BCUT2D eigenvalue weighted by Gasteiger charge is -2.34. The van der Waals surface area contributed by atoms with Crippen molar-refractivity contribution in [3.63, 3.8) is 0 Å². The molecule has 3 aliphatic rings. The van der Waals surface area contributed by atoms with Crippen molar-refractivity contribution in [2.75, 3.05) is 37.8 Å². The van der Waals surface area contributed by atoms with Crippen LogP contribution in [0, 0.1) is 5.92 Å². The molecule has 0 bridgehead atoms. The van der Waals surface area contributed by atoms with Gasteiger partial charge in [-0.3, -0.25) is 14.4 Å². The largest absolute Gasteiger partial charge is 0.341 e. The van der Waals surface area contributed by atoms with Crippen molar-refractivity contribution < 1.29 is 14.4 Å². The molecule has 3 amide bonds. The standard InChI is InChI=1S/C17H25N3O3S/c1-2-15(21)18-9-5-13(6-10-18)16(22)20-12-24-11-14(20)17(23)19-7-3-4-8-19/h2,13-14H,1,3-12H2. The highest BCUT2D eigenvalue weighted by molar-refractivity contribution is 7.99. The summed E-state index contributed by atoms with van der Waals surface area (Å²) in [5.41, 5.74) is 0. The van der Waals surface area contributed by atoms with E-state index in [4.69, 9.17) is 0 Å². The summed E-state index contributed by atoms with van der Waals surface area (Å²) < 4.78 is 0. The first kappa shape index (κ1) is 17.3. The summed E-state index contributed by atoms with van der Waals surface area (Å²) in [5, 5.41) is 0. The molecule has 3 saturated heterocycles. The average Bonchev–Trinajstić information content (AvgIpc) is 3.31. The maximum Gasteiger partial charge on any atom is 0.246 e. The Labute approximate surface area is 147 Å². The van der Waals surface area contributed by atoms with Crippen molar-refractivity contribution in [2.45, 2.75) is 31.7 Å². The van der Waals surface area contributed by atoms with Crippen LogP contribution in [0.4, 0.5) is 0 Å². The van der Waals surface area contributed by atoms with Crippen LogP contribution < -0.4 is 0 Å². The Morgan fingerprint density at radius 3 is 2.25 bits per heavy atom. The molecular formula is C17H25N3O3S. The number of thioether (sulfide) groups is 1. The second-order valence-electron chi connectivity index (χ2n) is 6.66. The SMILES string of the molecule is C=CC(=O)N1CCC(C(=O)N2CSCC2C(=O)N2CCCC2)CC1. The zero-order valence-corrected chi connectivity index (χ0v) is 14.8. The number of carbonyl (C=O) groups is 3. The van der Waals surface area contributed by atoms with Crippen LogP contribution in [-0.2, 0) is 14.4 Å². The van der Waals surface area contributed by atoms with Crippen LogP contribution >= 0.6 is 11.8 Å². The third-order valence-electron chi connectivity index (χ3n) is 5.20. The van der Waals surface area contributed by atoms with Crippen LogP contribution in [0.25, 0.3) is 0 Å². The van der Waals surface area contributed by atoms with Crippen molar-refractivity contribution >= 4 is 29.5 Å². The van der Waals surface area contributed by atoms with Gasteiger partial charge in [0.1, 0.15) is 6.04 Å². The van der Waals surface area contributed by atoms with E-state index in [2.05, 4.69) is 6.58 Å². The molecule has 24 heavy (non-hydrogen) atoms. The molecule has 0 aliphatic carbocycles. The van der Waals surface area contributed by atoms with E-state index in [0.29, 0.717) is 37.6 Å². The van der Waals surface area contributed by atoms with Crippen molar-refractivity contribution in [3.05, 3.63) is 12.7 Å². The highest BCUT2D eigenvalue weighted by atomic mass is 32.2. The quantitative estimate of drug-likeness (QED) is 0.710. The molecule has 0 N–H and O–H groups in total. The van der Waals surface area contributed by atoms with Crippen LogP contribution in [0.15, 0.2) is 12.7 Å². The van der Waals surface area contributed by atoms with Crippen molar-refractivity contribution in [2.24, 2.45) is 5.92 Å². The molecule has 0 spiro atoms. The molecule has 0 aromatic carbocycles. The van der Waals surface area contributed by atoms with E-state index < -0.39 is 0 Å². The van der Waals surface area contributed by atoms with Crippen molar-refractivity contribution in [1.29, 1.82) is 0 Å². The minimum absolute atomic E-state index is 0.0697. The van der Waals surface area contributed by atoms with Gasteiger partial charge in [-0.2, -0.15) is 0 Å². The third kappa shape index (κ3) is 3.45. The molecule has 1 atom stereocenters. The van der Waals surface area contributed by atoms with Gasteiger partial charge in [-0.05, 0) is 31.8 Å². The van der Waals surface area contributed by atoms with E-state index >= 15 is 0 Å². The van der Waals surface area contributed by atoms with Gasteiger partial charge in [-0.25, -0.2) is 0 Å². The zero-order chi connectivity index (χ0) is 17.1. The van der Waals surface area contributed by atoms with Gasteiger partial charge in [-0.15, -0.1) is 11.8 Å². The summed E-state index contributed by atoms with van der Waals surface area (Å²) in [6.07, 6.45) is 4.79.